The second kappa shape index (κ2) is 8.60. The molecule has 2 aromatic rings. The summed E-state index contributed by atoms with van der Waals surface area (Å²) in [7, 11) is 0. The minimum absolute atomic E-state index is 0.0493. The van der Waals surface area contributed by atoms with Crippen LogP contribution in [0.1, 0.15) is 12.0 Å². The van der Waals surface area contributed by atoms with E-state index in [0.29, 0.717) is 37.7 Å². The number of halogens is 1. The molecule has 0 saturated carbocycles. The van der Waals surface area contributed by atoms with Crippen molar-refractivity contribution in [2.45, 2.75) is 19.1 Å². The Morgan fingerprint density at radius 3 is 2.96 bits per heavy atom. The van der Waals surface area contributed by atoms with E-state index < -0.39 is 0 Å². The van der Waals surface area contributed by atoms with E-state index in [1.54, 1.807) is 12.1 Å². The predicted octanol–water partition coefficient (Wildman–Crippen LogP) is 2.72. The number of carbonyl (C=O) groups excluding carboxylic acids is 1. The highest BCUT2D eigenvalue weighted by Crippen LogP contribution is 2.16. The van der Waals surface area contributed by atoms with Gasteiger partial charge in [-0.3, -0.25) is 4.79 Å². The highest BCUT2D eigenvalue weighted by atomic mass is 19.1. The molecule has 1 fully saturated rings. The molecule has 2 N–H and O–H groups in total. The summed E-state index contributed by atoms with van der Waals surface area (Å²) in [6.07, 6.45) is 0.365. The van der Waals surface area contributed by atoms with Crippen LogP contribution in [-0.2, 0) is 16.1 Å². The number of hydrogen-bond donors (Lipinski definition) is 2. The molecule has 25 heavy (non-hydrogen) atoms. The summed E-state index contributed by atoms with van der Waals surface area (Å²) >= 11 is 0. The van der Waals surface area contributed by atoms with Crippen molar-refractivity contribution >= 4 is 11.6 Å². The lowest BCUT2D eigenvalue weighted by Crippen LogP contribution is -2.43. The van der Waals surface area contributed by atoms with Gasteiger partial charge in [0.05, 0.1) is 13.2 Å². The number of anilines is 1. The number of amides is 1. The van der Waals surface area contributed by atoms with Gasteiger partial charge in [-0.1, -0.05) is 18.2 Å². The third-order valence-corrected chi connectivity index (χ3v) is 3.84. The Hall–Kier alpha value is -2.44. The van der Waals surface area contributed by atoms with Crippen LogP contribution < -0.4 is 15.4 Å². The van der Waals surface area contributed by atoms with Gasteiger partial charge < -0.3 is 20.1 Å². The van der Waals surface area contributed by atoms with Gasteiger partial charge in [0, 0.05) is 30.8 Å². The summed E-state index contributed by atoms with van der Waals surface area (Å²) in [4.78, 5) is 12.1. The van der Waals surface area contributed by atoms with Gasteiger partial charge in [-0.2, -0.15) is 0 Å². The second-order valence-corrected chi connectivity index (χ2v) is 5.92. The Balaban J connectivity index is 1.52. The number of rotatable bonds is 6. The quantitative estimate of drug-likeness (QED) is 0.846. The van der Waals surface area contributed by atoms with Gasteiger partial charge in [-0.25, -0.2) is 4.39 Å². The predicted molar refractivity (Wildman–Crippen MR) is 93.0 cm³/mol. The maximum Gasteiger partial charge on any atom is 0.226 e. The average molecular weight is 344 g/mol. The van der Waals surface area contributed by atoms with Crippen molar-refractivity contribution < 1.29 is 18.7 Å². The van der Waals surface area contributed by atoms with E-state index in [-0.39, 0.29) is 17.8 Å². The molecular formula is C19H21FN2O3. The van der Waals surface area contributed by atoms with Crippen LogP contribution in [0.25, 0.3) is 0 Å². The number of carbonyl (C=O) groups is 1. The van der Waals surface area contributed by atoms with Gasteiger partial charge in [0.2, 0.25) is 5.91 Å². The van der Waals surface area contributed by atoms with E-state index >= 15 is 0 Å². The molecule has 1 unspecified atom stereocenters. The van der Waals surface area contributed by atoms with Gasteiger partial charge in [-0.15, -0.1) is 0 Å². The summed E-state index contributed by atoms with van der Waals surface area (Å²) in [5.74, 6) is 0.0721. The van der Waals surface area contributed by atoms with E-state index in [9.17, 15) is 9.18 Å². The van der Waals surface area contributed by atoms with Crippen LogP contribution in [0, 0.1) is 5.82 Å². The maximum atomic E-state index is 13.2. The molecule has 1 heterocycles. The molecular weight excluding hydrogens is 323 g/mol. The number of benzene rings is 2. The standard InChI is InChI=1S/C19H21FN2O3/c20-15-4-2-6-18(10-15)25-12-14-3-1-5-16(9-14)22-19(23)11-17-13-24-8-7-21-17/h1-6,9-10,17,21H,7-8,11-13H2,(H,22,23). The lowest BCUT2D eigenvalue weighted by Gasteiger charge is -2.23. The van der Waals surface area contributed by atoms with Gasteiger partial charge >= 0.3 is 0 Å². The Bertz CT molecular complexity index is 717. The largest absolute Gasteiger partial charge is 0.489 e. The maximum absolute atomic E-state index is 13.2. The fraction of sp³-hybridized carbons (Fsp3) is 0.316. The minimum atomic E-state index is -0.334. The fourth-order valence-corrected chi connectivity index (χ4v) is 2.65. The molecule has 2 aromatic carbocycles. The van der Waals surface area contributed by atoms with Gasteiger partial charge in [0.15, 0.2) is 0 Å². The molecule has 1 atom stereocenters. The molecule has 6 heteroatoms. The van der Waals surface area contributed by atoms with Crippen molar-refractivity contribution in [2.75, 3.05) is 25.1 Å². The lowest BCUT2D eigenvalue weighted by atomic mass is 10.1. The van der Waals surface area contributed by atoms with Crippen molar-refractivity contribution in [3.05, 3.63) is 59.9 Å². The van der Waals surface area contributed by atoms with Crippen molar-refractivity contribution in [1.82, 2.24) is 5.32 Å². The van der Waals surface area contributed by atoms with Crippen LogP contribution in [0.2, 0.25) is 0 Å². The van der Waals surface area contributed by atoms with Crippen LogP contribution in [0.5, 0.6) is 5.75 Å². The number of morpholine rings is 1. The van der Waals surface area contributed by atoms with Gasteiger partial charge in [0.1, 0.15) is 18.2 Å². The SMILES string of the molecule is O=C(CC1COCCN1)Nc1cccc(COc2cccc(F)c2)c1. The number of hydrogen-bond acceptors (Lipinski definition) is 4. The first-order chi connectivity index (χ1) is 12.2. The molecule has 1 saturated heterocycles. The van der Waals surface area contributed by atoms with Crippen LogP contribution in [0.3, 0.4) is 0 Å². The van der Waals surface area contributed by atoms with Crippen LogP contribution in [0.4, 0.5) is 10.1 Å². The van der Waals surface area contributed by atoms with Gasteiger partial charge in [0.25, 0.3) is 0 Å². The molecule has 1 amide bonds. The zero-order valence-corrected chi connectivity index (χ0v) is 13.8. The van der Waals surface area contributed by atoms with E-state index in [0.717, 1.165) is 12.1 Å². The van der Waals surface area contributed by atoms with Crippen LogP contribution in [0.15, 0.2) is 48.5 Å². The third-order valence-electron chi connectivity index (χ3n) is 3.84. The lowest BCUT2D eigenvalue weighted by molar-refractivity contribution is -0.117. The third kappa shape index (κ3) is 5.55. The van der Waals surface area contributed by atoms with Crippen molar-refractivity contribution in [3.8, 4) is 5.75 Å². The Morgan fingerprint density at radius 1 is 1.28 bits per heavy atom. The van der Waals surface area contributed by atoms with E-state index in [2.05, 4.69) is 10.6 Å². The highest BCUT2D eigenvalue weighted by molar-refractivity contribution is 5.91. The second-order valence-electron chi connectivity index (χ2n) is 5.92. The minimum Gasteiger partial charge on any atom is -0.489 e. The fourth-order valence-electron chi connectivity index (χ4n) is 2.65. The molecule has 1 aliphatic rings. The van der Waals surface area contributed by atoms with E-state index in [1.807, 2.05) is 24.3 Å². The smallest absolute Gasteiger partial charge is 0.226 e. The summed E-state index contributed by atoms with van der Waals surface area (Å²) in [6, 6.07) is 13.5. The Morgan fingerprint density at radius 2 is 2.16 bits per heavy atom. The van der Waals surface area contributed by atoms with Crippen molar-refractivity contribution in [1.29, 1.82) is 0 Å². The molecule has 0 aliphatic carbocycles. The molecule has 1 aliphatic heterocycles. The zero-order chi connectivity index (χ0) is 17.5. The molecule has 0 spiro atoms. The topological polar surface area (TPSA) is 59.6 Å². The number of ether oxygens (including phenoxy) is 2. The van der Waals surface area contributed by atoms with Crippen molar-refractivity contribution in [2.24, 2.45) is 0 Å². The molecule has 132 valence electrons. The molecule has 0 radical (unpaired) electrons. The highest BCUT2D eigenvalue weighted by Gasteiger charge is 2.16. The molecule has 5 nitrogen and oxygen atoms in total. The zero-order valence-electron chi connectivity index (χ0n) is 13.8. The molecule has 0 aromatic heterocycles. The normalized spacial score (nSPS) is 17.1. The first kappa shape index (κ1) is 17.4. The summed E-state index contributed by atoms with van der Waals surface area (Å²) in [5, 5.41) is 6.14. The van der Waals surface area contributed by atoms with E-state index in [1.165, 1.54) is 12.1 Å². The van der Waals surface area contributed by atoms with Crippen LogP contribution in [-0.4, -0.2) is 31.7 Å². The molecule has 3 rings (SSSR count). The van der Waals surface area contributed by atoms with Gasteiger partial charge in [-0.05, 0) is 29.8 Å². The van der Waals surface area contributed by atoms with Crippen molar-refractivity contribution in [3.63, 3.8) is 0 Å². The Labute approximate surface area is 146 Å². The van der Waals surface area contributed by atoms with E-state index in [4.69, 9.17) is 9.47 Å². The monoisotopic (exact) mass is 344 g/mol. The summed E-state index contributed by atoms with van der Waals surface area (Å²) < 4.78 is 24.1. The first-order valence-corrected chi connectivity index (χ1v) is 8.27. The average Bonchev–Trinajstić information content (AvgIpc) is 2.61. The summed E-state index contributed by atoms with van der Waals surface area (Å²) in [6.45, 7) is 2.30. The molecule has 0 bridgehead atoms. The number of nitrogens with one attached hydrogen (secondary N) is 2. The van der Waals surface area contributed by atoms with Crippen LogP contribution >= 0.6 is 0 Å². The Kier molecular flexibility index (Phi) is 5.98. The summed E-state index contributed by atoms with van der Waals surface area (Å²) in [5.41, 5.74) is 1.60. The first-order valence-electron chi connectivity index (χ1n) is 8.27.